The number of aryl methyl sites for hydroxylation is 1. The largest absolute Gasteiger partial charge is 0.293 e. The van der Waals surface area contributed by atoms with Crippen LogP contribution in [0.4, 0.5) is 0 Å². The molecule has 2 nitrogen and oxygen atoms in total. The third-order valence-electron chi connectivity index (χ3n) is 2.10. The van der Waals surface area contributed by atoms with Crippen LogP contribution in [0.25, 0.3) is 0 Å². The van der Waals surface area contributed by atoms with Crippen LogP contribution in [0.1, 0.15) is 29.3 Å². The zero-order chi connectivity index (χ0) is 11.3. The van der Waals surface area contributed by atoms with Gasteiger partial charge in [-0.25, -0.2) is 0 Å². The lowest BCUT2D eigenvalue weighted by atomic mass is 10.1. The molecule has 15 heavy (non-hydrogen) atoms. The molecule has 1 aromatic carbocycles. The van der Waals surface area contributed by atoms with E-state index in [1.54, 1.807) is 12.1 Å². The highest BCUT2D eigenvalue weighted by Gasteiger charge is 2.09. The van der Waals surface area contributed by atoms with Gasteiger partial charge in [0.2, 0.25) is 0 Å². The van der Waals surface area contributed by atoms with Gasteiger partial charge in [0, 0.05) is 22.1 Å². The highest BCUT2D eigenvalue weighted by Crippen LogP contribution is 2.05. The van der Waals surface area contributed by atoms with Crippen LogP contribution in [0.3, 0.4) is 0 Å². The molecule has 0 fully saturated rings. The molecule has 0 aliphatic carbocycles. The molecule has 0 aliphatic heterocycles. The Bertz CT molecular complexity index is 354. The van der Waals surface area contributed by atoms with Gasteiger partial charge in [0.25, 0.3) is 0 Å². The van der Waals surface area contributed by atoms with Crippen molar-refractivity contribution in [3.63, 3.8) is 0 Å². The fraction of sp³-hybridized carbons (Fsp3) is 0.417. The molecule has 0 heterocycles. The van der Waals surface area contributed by atoms with E-state index < -0.39 is 10.8 Å². The second-order valence-corrected chi connectivity index (χ2v) is 5.15. The summed E-state index contributed by atoms with van der Waals surface area (Å²) in [5, 5.41) is 0. The minimum atomic E-state index is -1.01. The Hall–Kier alpha value is -0.960. The summed E-state index contributed by atoms with van der Waals surface area (Å²) in [5.41, 5.74) is 1.78. The van der Waals surface area contributed by atoms with E-state index in [0.717, 1.165) is 12.0 Å². The fourth-order valence-corrected chi connectivity index (χ4v) is 2.33. The van der Waals surface area contributed by atoms with Crippen molar-refractivity contribution < 1.29 is 9.00 Å². The zero-order valence-corrected chi connectivity index (χ0v) is 9.97. The number of hydrogen-bond donors (Lipinski definition) is 0. The molecule has 0 saturated carbocycles. The average molecular weight is 224 g/mol. The third kappa shape index (κ3) is 3.96. The van der Waals surface area contributed by atoms with Gasteiger partial charge in [-0.1, -0.05) is 36.8 Å². The highest BCUT2D eigenvalue weighted by atomic mass is 32.2. The standard InChI is InChI=1S/C12H16O2S/c1-3-8-15(14)9-12(13)11-6-4-10(2)5-7-11/h4-7H,3,8-9H2,1-2H3. The normalized spacial score (nSPS) is 12.4. The monoisotopic (exact) mass is 224 g/mol. The van der Waals surface area contributed by atoms with E-state index in [1.807, 2.05) is 26.0 Å². The van der Waals surface area contributed by atoms with Gasteiger partial charge in [-0.15, -0.1) is 0 Å². The fourth-order valence-electron chi connectivity index (χ4n) is 1.27. The van der Waals surface area contributed by atoms with Crippen LogP contribution in [0, 0.1) is 6.92 Å². The maximum atomic E-state index is 11.6. The Labute approximate surface area is 93.2 Å². The van der Waals surface area contributed by atoms with E-state index in [0.29, 0.717) is 11.3 Å². The van der Waals surface area contributed by atoms with Crippen molar-refractivity contribution in [1.82, 2.24) is 0 Å². The topological polar surface area (TPSA) is 34.1 Å². The van der Waals surface area contributed by atoms with Crippen molar-refractivity contribution >= 4 is 16.6 Å². The first kappa shape index (κ1) is 12.1. The van der Waals surface area contributed by atoms with Crippen molar-refractivity contribution in [3.8, 4) is 0 Å². The minimum Gasteiger partial charge on any atom is -0.293 e. The van der Waals surface area contributed by atoms with Gasteiger partial charge in [-0.2, -0.15) is 0 Å². The summed E-state index contributed by atoms with van der Waals surface area (Å²) in [6.45, 7) is 3.94. The SMILES string of the molecule is CCCS(=O)CC(=O)c1ccc(C)cc1. The van der Waals surface area contributed by atoms with Crippen LogP contribution in [-0.2, 0) is 10.8 Å². The highest BCUT2D eigenvalue weighted by molar-refractivity contribution is 7.85. The quantitative estimate of drug-likeness (QED) is 0.719. The van der Waals surface area contributed by atoms with Gasteiger partial charge in [0.05, 0.1) is 5.75 Å². The number of hydrogen-bond acceptors (Lipinski definition) is 2. The van der Waals surface area contributed by atoms with E-state index in [-0.39, 0.29) is 11.5 Å². The van der Waals surface area contributed by atoms with E-state index in [1.165, 1.54) is 0 Å². The van der Waals surface area contributed by atoms with Gasteiger partial charge < -0.3 is 0 Å². The predicted octanol–water partition coefficient (Wildman–Crippen LogP) is 2.34. The molecule has 0 amide bonds. The molecule has 0 radical (unpaired) electrons. The summed E-state index contributed by atoms with van der Waals surface area (Å²) in [4.78, 5) is 11.6. The van der Waals surface area contributed by atoms with E-state index >= 15 is 0 Å². The molecule has 0 aromatic heterocycles. The molecular weight excluding hydrogens is 208 g/mol. The molecule has 1 unspecified atom stereocenters. The van der Waals surface area contributed by atoms with Crippen molar-refractivity contribution in [1.29, 1.82) is 0 Å². The Balaban J connectivity index is 2.61. The van der Waals surface area contributed by atoms with Crippen LogP contribution < -0.4 is 0 Å². The molecule has 0 aliphatic rings. The molecule has 82 valence electrons. The second-order valence-electron chi connectivity index (χ2n) is 3.58. The lowest BCUT2D eigenvalue weighted by Gasteiger charge is -2.01. The second kappa shape index (κ2) is 5.81. The van der Waals surface area contributed by atoms with Crippen LogP contribution in [0.2, 0.25) is 0 Å². The molecule has 0 spiro atoms. The van der Waals surface area contributed by atoms with Gasteiger partial charge in [-0.05, 0) is 13.3 Å². The first-order chi connectivity index (χ1) is 7.13. The van der Waals surface area contributed by atoms with Crippen LogP contribution in [0.5, 0.6) is 0 Å². The molecule has 0 saturated heterocycles. The first-order valence-corrected chi connectivity index (χ1v) is 6.57. The Kier molecular flexibility index (Phi) is 4.69. The van der Waals surface area contributed by atoms with Crippen molar-refractivity contribution in [2.45, 2.75) is 20.3 Å². The Morgan fingerprint density at radius 1 is 1.27 bits per heavy atom. The Morgan fingerprint density at radius 3 is 2.40 bits per heavy atom. The van der Waals surface area contributed by atoms with Gasteiger partial charge in [0.15, 0.2) is 5.78 Å². The molecule has 1 rings (SSSR count). The minimum absolute atomic E-state index is 0.0261. The van der Waals surface area contributed by atoms with Crippen LogP contribution in [0.15, 0.2) is 24.3 Å². The number of ketones is 1. The van der Waals surface area contributed by atoms with Crippen LogP contribution in [-0.4, -0.2) is 21.5 Å². The first-order valence-electron chi connectivity index (χ1n) is 5.08. The maximum absolute atomic E-state index is 11.6. The third-order valence-corrected chi connectivity index (χ3v) is 3.55. The molecule has 3 heteroatoms. The summed E-state index contributed by atoms with van der Waals surface area (Å²) in [7, 11) is -1.01. The van der Waals surface area contributed by atoms with E-state index in [2.05, 4.69) is 0 Å². The van der Waals surface area contributed by atoms with Gasteiger partial charge >= 0.3 is 0 Å². The van der Waals surface area contributed by atoms with Crippen molar-refractivity contribution in [2.24, 2.45) is 0 Å². The molecule has 1 atom stereocenters. The summed E-state index contributed by atoms with van der Waals surface area (Å²) in [6.07, 6.45) is 0.855. The van der Waals surface area contributed by atoms with Crippen molar-refractivity contribution in [3.05, 3.63) is 35.4 Å². The van der Waals surface area contributed by atoms with Gasteiger partial charge in [-0.3, -0.25) is 9.00 Å². The maximum Gasteiger partial charge on any atom is 0.175 e. The smallest absolute Gasteiger partial charge is 0.175 e. The molecular formula is C12H16O2S. The number of carbonyl (C=O) groups is 1. The number of rotatable bonds is 5. The summed E-state index contributed by atoms with van der Waals surface area (Å²) >= 11 is 0. The van der Waals surface area contributed by atoms with Crippen molar-refractivity contribution in [2.75, 3.05) is 11.5 Å². The summed E-state index contributed by atoms with van der Waals surface area (Å²) in [5.74, 6) is 0.732. The van der Waals surface area contributed by atoms with Gasteiger partial charge in [0.1, 0.15) is 0 Å². The van der Waals surface area contributed by atoms with E-state index in [4.69, 9.17) is 0 Å². The summed E-state index contributed by atoms with van der Waals surface area (Å²) < 4.78 is 11.4. The molecule has 0 bridgehead atoms. The Morgan fingerprint density at radius 2 is 1.87 bits per heavy atom. The molecule has 1 aromatic rings. The number of benzene rings is 1. The predicted molar refractivity (Wildman–Crippen MR) is 63.7 cm³/mol. The van der Waals surface area contributed by atoms with Crippen LogP contribution >= 0.6 is 0 Å². The lowest BCUT2D eigenvalue weighted by molar-refractivity contribution is 0.102. The zero-order valence-electron chi connectivity index (χ0n) is 9.16. The lowest BCUT2D eigenvalue weighted by Crippen LogP contribution is -2.12. The summed E-state index contributed by atoms with van der Waals surface area (Å²) in [6, 6.07) is 7.38. The average Bonchev–Trinajstić information content (AvgIpc) is 2.18. The molecule has 0 N–H and O–H groups in total. The number of Topliss-reactive ketones (excluding diaryl/α,β-unsaturated/α-hetero) is 1. The van der Waals surface area contributed by atoms with E-state index in [9.17, 15) is 9.00 Å². The number of carbonyl (C=O) groups excluding carboxylic acids is 1.